The van der Waals surface area contributed by atoms with Crippen molar-refractivity contribution >= 4 is 23.1 Å². The van der Waals surface area contributed by atoms with Crippen molar-refractivity contribution in [3.63, 3.8) is 0 Å². The number of rotatable bonds is 9. The molecule has 0 aromatic heterocycles. The lowest BCUT2D eigenvalue weighted by molar-refractivity contribution is -0.133. The molecule has 0 radical (unpaired) electrons. The third-order valence-electron chi connectivity index (χ3n) is 6.24. The Bertz CT molecular complexity index is 838. The van der Waals surface area contributed by atoms with Crippen LogP contribution < -0.4 is 16.4 Å². The molecule has 1 aliphatic rings. The Hall–Kier alpha value is -2.44. The number of carbonyl (C=O) groups excluding carboxylic acids is 2. The van der Waals surface area contributed by atoms with E-state index in [2.05, 4.69) is 73.9 Å². The first-order chi connectivity index (χ1) is 16.5. The molecule has 1 saturated heterocycles. The summed E-state index contributed by atoms with van der Waals surface area (Å²) in [7, 11) is 0. The fourth-order valence-corrected chi connectivity index (χ4v) is 4.15. The molecule has 1 heterocycles. The number of nitrogens with zero attached hydrogens (tertiary/aromatic N) is 1. The molecular weight excluding hydrogens is 424 g/mol. The summed E-state index contributed by atoms with van der Waals surface area (Å²) in [5.74, 6) is 0.707. The first-order valence-corrected chi connectivity index (χ1v) is 12.9. The van der Waals surface area contributed by atoms with Gasteiger partial charge in [0, 0.05) is 25.7 Å². The lowest BCUT2D eigenvalue weighted by Gasteiger charge is -2.27. The minimum absolute atomic E-state index is 0.127. The van der Waals surface area contributed by atoms with E-state index in [-0.39, 0.29) is 18.0 Å². The van der Waals surface area contributed by atoms with Crippen molar-refractivity contribution in [2.24, 2.45) is 11.7 Å². The maximum Gasteiger partial charge on any atom is 0.239 e. The number of nitrogens with two attached hydrogens (primary N) is 1. The van der Waals surface area contributed by atoms with Crippen molar-refractivity contribution in [1.29, 1.82) is 0 Å². The summed E-state index contributed by atoms with van der Waals surface area (Å²) in [4.78, 5) is 25.1. The van der Waals surface area contributed by atoms with Crippen LogP contribution >= 0.6 is 0 Å². The normalized spacial score (nSPS) is 17.9. The number of nitrogens with one attached hydrogen (secondary N) is 2. The van der Waals surface area contributed by atoms with E-state index in [0.717, 1.165) is 32.4 Å². The molecule has 2 aromatic rings. The molecule has 6 nitrogen and oxygen atoms in total. The smallest absolute Gasteiger partial charge is 0.239 e. The van der Waals surface area contributed by atoms with Gasteiger partial charge in [0.05, 0.1) is 6.04 Å². The van der Waals surface area contributed by atoms with Gasteiger partial charge in [-0.05, 0) is 43.0 Å². The lowest BCUT2D eigenvalue weighted by atomic mass is 10.0. The molecule has 3 rings (SSSR count). The molecule has 1 aliphatic heterocycles. The van der Waals surface area contributed by atoms with Crippen molar-refractivity contribution in [3.05, 3.63) is 48.0 Å². The summed E-state index contributed by atoms with van der Waals surface area (Å²) in [6.07, 6.45) is 4.37. The number of hydrogen-bond donors (Lipinski definition) is 3. The summed E-state index contributed by atoms with van der Waals surface area (Å²) in [5, 5.41) is 8.69. The van der Waals surface area contributed by atoms with Crippen LogP contribution in [0.3, 0.4) is 0 Å². The Morgan fingerprint density at radius 2 is 1.82 bits per heavy atom. The van der Waals surface area contributed by atoms with Crippen LogP contribution in [0.5, 0.6) is 0 Å². The van der Waals surface area contributed by atoms with Crippen LogP contribution in [-0.2, 0) is 9.59 Å². The topological polar surface area (TPSA) is 87.5 Å². The van der Waals surface area contributed by atoms with Gasteiger partial charge in [-0.2, -0.15) is 0 Å². The van der Waals surface area contributed by atoms with E-state index in [1.807, 2.05) is 18.7 Å². The molecule has 0 aliphatic carbocycles. The summed E-state index contributed by atoms with van der Waals surface area (Å²) < 4.78 is 0. The molecule has 6 heteroatoms. The number of fused-ring (bicyclic) bond motifs is 1. The highest BCUT2D eigenvalue weighted by Crippen LogP contribution is 2.16. The highest BCUT2D eigenvalue weighted by molar-refractivity contribution is 5.83. The van der Waals surface area contributed by atoms with Crippen LogP contribution in [0.25, 0.3) is 10.8 Å². The largest absolute Gasteiger partial charge is 0.357 e. The van der Waals surface area contributed by atoms with Crippen molar-refractivity contribution in [1.82, 2.24) is 15.5 Å². The molecular formula is C28H46N4O2. The second-order valence-electron chi connectivity index (χ2n) is 8.63. The number of benzene rings is 2. The van der Waals surface area contributed by atoms with Gasteiger partial charge in [0.15, 0.2) is 0 Å². The third-order valence-corrected chi connectivity index (χ3v) is 6.24. The van der Waals surface area contributed by atoms with Gasteiger partial charge in [-0.15, -0.1) is 0 Å². The molecule has 2 atom stereocenters. The van der Waals surface area contributed by atoms with Gasteiger partial charge >= 0.3 is 0 Å². The molecule has 1 fully saturated rings. The maximum absolute atomic E-state index is 12.6. The van der Waals surface area contributed by atoms with E-state index < -0.39 is 0 Å². The Balaban J connectivity index is 0.000000369. The summed E-state index contributed by atoms with van der Waals surface area (Å²) in [6.45, 7) is 13.1. The highest BCUT2D eigenvalue weighted by Gasteiger charge is 2.30. The predicted octanol–water partition coefficient (Wildman–Crippen LogP) is 4.25. The maximum atomic E-state index is 12.6. The van der Waals surface area contributed by atoms with Crippen LogP contribution in [0, 0.1) is 12.8 Å². The fraction of sp³-hybridized carbons (Fsp3) is 0.571. The van der Waals surface area contributed by atoms with Crippen LogP contribution in [0.15, 0.2) is 42.5 Å². The molecule has 34 heavy (non-hydrogen) atoms. The van der Waals surface area contributed by atoms with Gasteiger partial charge in [0.1, 0.15) is 0 Å². The Morgan fingerprint density at radius 1 is 1.15 bits per heavy atom. The Kier molecular flexibility index (Phi) is 14.9. The minimum Gasteiger partial charge on any atom is -0.357 e. The summed E-state index contributed by atoms with van der Waals surface area (Å²) >= 11 is 0. The van der Waals surface area contributed by atoms with Crippen LogP contribution in [-0.4, -0.2) is 55.5 Å². The zero-order valence-electron chi connectivity index (χ0n) is 21.8. The van der Waals surface area contributed by atoms with Crippen molar-refractivity contribution in [3.8, 4) is 0 Å². The number of carbonyl (C=O) groups is 2. The van der Waals surface area contributed by atoms with E-state index in [1.165, 1.54) is 16.3 Å². The molecule has 2 amide bonds. The second kappa shape index (κ2) is 17.1. The highest BCUT2D eigenvalue weighted by atomic mass is 16.2. The third kappa shape index (κ3) is 9.82. The Labute approximate surface area is 206 Å². The van der Waals surface area contributed by atoms with Crippen LogP contribution in [0.4, 0.5) is 0 Å². The van der Waals surface area contributed by atoms with Gasteiger partial charge in [-0.1, -0.05) is 88.6 Å². The first-order valence-electron chi connectivity index (χ1n) is 12.9. The van der Waals surface area contributed by atoms with Crippen molar-refractivity contribution < 1.29 is 9.59 Å². The van der Waals surface area contributed by atoms with Gasteiger partial charge < -0.3 is 21.3 Å². The number of hydrogen-bond acceptors (Lipinski definition) is 4. The molecule has 0 bridgehead atoms. The lowest BCUT2D eigenvalue weighted by Crippen LogP contribution is -2.49. The van der Waals surface area contributed by atoms with E-state index in [1.54, 1.807) is 0 Å². The van der Waals surface area contributed by atoms with E-state index in [9.17, 15) is 9.59 Å². The zero-order chi connectivity index (χ0) is 25.3. The molecule has 0 unspecified atom stereocenters. The summed E-state index contributed by atoms with van der Waals surface area (Å²) in [6, 6.07) is 14.8. The molecule has 0 saturated carbocycles. The van der Waals surface area contributed by atoms with E-state index >= 15 is 0 Å². The predicted molar refractivity (Wildman–Crippen MR) is 144 cm³/mol. The number of amides is 2. The SMILES string of the molecule is CC.CCC(CC)CN1CC[C@@H](CNC=O)N[C@@H](CCN)C1=O.Cc1ccc2ccccc2c1. The average Bonchev–Trinajstić information content (AvgIpc) is 3.01. The first kappa shape index (κ1) is 29.6. The Morgan fingerprint density at radius 3 is 2.44 bits per heavy atom. The van der Waals surface area contributed by atoms with Crippen LogP contribution in [0.1, 0.15) is 58.9 Å². The van der Waals surface area contributed by atoms with Gasteiger partial charge in [-0.25, -0.2) is 0 Å². The summed E-state index contributed by atoms with van der Waals surface area (Å²) in [5.41, 5.74) is 6.96. The molecule has 4 N–H and O–H groups in total. The monoisotopic (exact) mass is 470 g/mol. The molecule has 2 aromatic carbocycles. The fourth-order valence-electron chi connectivity index (χ4n) is 4.15. The average molecular weight is 471 g/mol. The van der Waals surface area contributed by atoms with E-state index in [4.69, 9.17) is 5.73 Å². The standard InChI is InChI=1S/C15H30N4O2.C11H10.C2H6/c1-3-12(4-2)10-19-8-6-13(9-17-11-20)18-14(5-7-16)15(19)21;1-9-6-7-10-4-2-3-5-11(10)8-9;1-2/h11-14,18H,3-10,16H2,1-2H3,(H,17,20);2-8H,1H3;1-2H3/t13-,14-;;/m0../s1. The van der Waals surface area contributed by atoms with Crippen molar-refractivity contribution in [2.75, 3.05) is 26.2 Å². The van der Waals surface area contributed by atoms with Crippen LogP contribution in [0.2, 0.25) is 0 Å². The molecule has 0 spiro atoms. The number of aryl methyl sites for hydroxylation is 1. The van der Waals surface area contributed by atoms with Crippen molar-refractivity contribution in [2.45, 2.75) is 72.4 Å². The molecule has 190 valence electrons. The van der Waals surface area contributed by atoms with E-state index in [0.29, 0.717) is 31.8 Å². The quantitative estimate of drug-likeness (QED) is 0.478. The minimum atomic E-state index is -0.231. The van der Waals surface area contributed by atoms with Gasteiger partial charge in [0.25, 0.3) is 0 Å². The van der Waals surface area contributed by atoms with Gasteiger partial charge in [0.2, 0.25) is 12.3 Å². The second-order valence-corrected chi connectivity index (χ2v) is 8.63. The van der Waals surface area contributed by atoms with Gasteiger partial charge in [-0.3, -0.25) is 9.59 Å². The zero-order valence-corrected chi connectivity index (χ0v) is 21.8.